The van der Waals surface area contributed by atoms with Gasteiger partial charge in [0, 0.05) is 0 Å². The second kappa shape index (κ2) is 5.29. The third-order valence-corrected chi connectivity index (χ3v) is 0.826. The number of allylic oxidation sites excluding steroid dienone is 5. The fourth-order valence-electron chi connectivity index (χ4n) is 0.441. The highest BCUT2D eigenvalue weighted by atomic mass is 16.7. The normalized spacial score (nSPS) is 11.5. The van der Waals surface area contributed by atoms with Crippen LogP contribution in [0.5, 0.6) is 0 Å². The number of hydrogen-bond acceptors (Lipinski definition) is 2. The Morgan fingerprint density at radius 3 is 2.64 bits per heavy atom. The molecule has 0 heterocycles. The van der Waals surface area contributed by atoms with Crippen molar-refractivity contribution < 1.29 is 14.6 Å². The quantitative estimate of drug-likeness (QED) is 0.385. The van der Waals surface area contributed by atoms with Crippen LogP contribution in [0, 0.1) is 0 Å². The van der Waals surface area contributed by atoms with Crippen molar-refractivity contribution in [2.45, 2.75) is 6.92 Å². The molecule has 0 fully saturated rings. The Morgan fingerprint density at radius 2 is 2.18 bits per heavy atom. The van der Waals surface area contributed by atoms with E-state index >= 15 is 0 Å². The van der Waals surface area contributed by atoms with E-state index in [4.69, 9.17) is 5.11 Å². The molecule has 0 spiro atoms. The smallest absolute Gasteiger partial charge is 0.449 e. The SMILES string of the molecule is C=C/C=C\C=C(/C)OC(=O)O. The molecule has 60 valence electrons. The summed E-state index contributed by atoms with van der Waals surface area (Å²) in [6.07, 6.45) is 5.14. The van der Waals surface area contributed by atoms with E-state index in [2.05, 4.69) is 11.3 Å². The van der Waals surface area contributed by atoms with Crippen LogP contribution in [0.3, 0.4) is 0 Å². The molecule has 11 heavy (non-hydrogen) atoms. The Morgan fingerprint density at radius 1 is 1.55 bits per heavy atom. The second-order valence-electron chi connectivity index (χ2n) is 1.77. The molecule has 0 radical (unpaired) electrons. The number of ether oxygens (including phenoxy) is 1. The van der Waals surface area contributed by atoms with Crippen LogP contribution in [-0.4, -0.2) is 11.3 Å². The lowest BCUT2D eigenvalue weighted by Gasteiger charge is -1.94. The molecule has 0 rings (SSSR count). The van der Waals surface area contributed by atoms with Gasteiger partial charge in [0.15, 0.2) is 0 Å². The molecule has 0 saturated heterocycles. The van der Waals surface area contributed by atoms with Crippen LogP contribution in [0.25, 0.3) is 0 Å². The fourth-order valence-corrected chi connectivity index (χ4v) is 0.441. The van der Waals surface area contributed by atoms with Gasteiger partial charge in [-0.3, -0.25) is 0 Å². The molecule has 0 saturated carbocycles. The molecular formula is C8H10O3. The van der Waals surface area contributed by atoms with E-state index in [1.54, 1.807) is 25.2 Å². The van der Waals surface area contributed by atoms with Gasteiger partial charge in [-0.1, -0.05) is 24.8 Å². The summed E-state index contributed by atoms with van der Waals surface area (Å²) in [4.78, 5) is 9.94. The van der Waals surface area contributed by atoms with Crippen molar-refractivity contribution in [2.75, 3.05) is 0 Å². The maximum atomic E-state index is 9.94. The first-order valence-corrected chi connectivity index (χ1v) is 3.03. The third kappa shape index (κ3) is 6.37. The summed E-state index contributed by atoms with van der Waals surface area (Å²) in [6, 6.07) is 0. The topological polar surface area (TPSA) is 46.5 Å². The number of carbonyl (C=O) groups is 1. The molecule has 0 aromatic carbocycles. The first-order chi connectivity index (χ1) is 5.16. The average Bonchev–Trinajstić information content (AvgIpc) is 1.86. The minimum absolute atomic E-state index is 0.329. The van der Waals surface area contributed by atoms with E-state index in [0.29, 0.717) is 5.76 Å². The summed E-state index contributed by atoms with van der Waals surface area (Å²) < 4.78 is 4.29. The largest absolute Gasteiger partial charge is 0.511 e. The predicted octanol–water partition coefficient (Wildman–Crippen LogP) is 2.33. The highest BCUT2D eigenvalue weighted by Gasteiger charge is 1.94. The molecule has 0 aliphatic carbocycles. The first-order valence-electron chi connectivity index (χ1n) is 3.03. The molecule has 0 atom stereocenters. The zero-order chi connectivity index (χ0) is 8.69. The molecule has 0 bridgehead atoms. The third-order valence-electron chi connectivity index (χ3n) is 0.826. The number of carboxylic acid groups (broad SMARTS) is 1. The van der Waals surface area contributed by atoms with Gasteiger partial charge in [-0.2, -0.15) is 0 Å². The molecule has 0 aromatic heterocycles. The summed E-state index contributed by atoms with van der Waals surface area (Å²) in [6.45, 7) is 5.00. The van der Waals surface area contributed by atoms with Gasteiger partial charge in [0.1, 0.15) is 5.76 Å². The van der Waals surface area contributed by atoms with Crippen molar-refractivity contribution >= 4 is 6.16 Å². The van der Waals surface area contributed by atoms with E-state index in [-0.39, 0.29) is 0 Å². The van der Waals surface area contributed by atoms with Gasteiger partial charge < -0.3 is 9.84 Å². The molecule has 0 unspecified atom stereocenters. The summed E-state index contributed by atoms with van der Waals surface area (Å²) in [5.74, 6) is 0.329. The lowest BCUT2D eigenvalue weighted by Crippen LogP contribution is -1.96. The highest BCUT2D eigenvalue weighted by molar-refractivity contribution is 5.58. The molecule has 0 aromatic rings. The fraction of sp³-hybridized carbons (Fsp3) is 0.125. The van der Waals surface area contributed by atoms with E-state index in [9.17, 15) is 4.79 Å². The standard InChI is InChI=1S/C8H10O3/c1-3-4-5-6-7(2)11-8(9)10/h3-6H,1H2,2H3,(H,9,10)/b5-4-,7-6+. The lowest BCUT2D eigenvalue weighted by atomic mass is 10.4. The van der Waals surface area contributed by atoms with E-state index < -0.39 is 6.16 Å². The molecular weight excluding hydrogens is 144 g/mol. The Hall–Kier alpha value is -1.51. The van der Waals surface area contributed by atoms with Crippen molar-refractivity contribution in [3.8, 4) is 0 Å². The monoisotopic (exact) mass is 154 g/mol. The average molecular weight is 154 g/mol. The van der Waals surface area contributed by atoms with E-state index in [0.717, 1.165) is 0 Å². The zero-order valence-corrected chi connectivity index (χ0v) is 6.28. The van der Waals surface area contributed by atoms with E-state index in [1.165, 1.54) is 6.08 Å². The summed E-state index contributed by atoms with van der Waals surface area (Å²) in [5.41, 5.74) is 0. The molecule has 0 aliphatic heterocycles. The molecule has 1 N–H and O–H groups in total. The lowest BCUT2D eigenvalue weighted by molar-refractivity contribution is 0.119. The molecule has 0 aliphatic rings. The molecule has 0 amide bonds. The zero-order valence-electron chi connectivity index (χ0n) is 6.28. The van der Waals surface area contributed by atoms with Crippen LogP contribution < -0.4 is 0 Å². The van der Waals surface area contributed by atoms with Crippen molar-refractivity contribution in [3.63, 3.8) is 0 Å². The van der Waals surface area contributed by atoms with Gasteiger partial charge in [-0.05, 0) is 13.0 Å². The maximum absolute atomic E-state index is 9.94. The second-order valence-corrected chi connectivity index (χ2v) is 1.77. The highest BCUT2D eigenvalue weighted by Crippen LogP contribution is 1.95. The van der Waals surface area contributed by atoms with Gasteiger partial charge in [-0.25, -0.2) is 4.79 Å². The number of hydrogen-bond donors (Lipinski definition) is 1. The van der Waals surface area contributed by atoms with Crippen LogP contribution >= 0.6 is 0 Å². The maximum Gasteiger partial charge on any atom is 0.511 e. The summed E-state index contributed by atoms with van der Waals surface area (Å²) >= 11 is 0. The van der Waals surface area contributed by atoms with Crippen molar-refractivity contribution in [1.82, 2.24) is 0 Å². The Kier molecular flexibility index (Phi) is 4.56. The van der Waals surface area contributed by atoms with Crippen LogP contribution in [-0.2, 0) is 4.74 Å². The van der Waals surface area contributed by atoms with Crippen LogP contribution in [0.15, 0.2) is 36.6 Å². The summed E-state index contributed by atoms with van der Waals surface area (Å²) in [7, 11) is 0. The molecule has 3 heteroatoms. The Balaban J connectivity index is 3.90. The van der Waals surface area contributed by atoms with Crippen LogP contribution in [0.1, 0.15) is 6.92 Å². The van der Waals surface area contributed by atoms with Gasteiger partial charge in [-0.15, -0.1) is 0 Å². The molecule has 3 nitrogen and oxygen atoms in total. The Bertz CT molecular complexity index is 201. The van der Waals surface area contributed by atoms with Crippen LogP contribution in [0.2, 0.25) is 0 Å². The minimum Gasteiger partial charge on any atom is -0.449 e. The van der Waals surface area contributed by atoms with Gasteiger partial charge >= 0.3 is 6.16 Å². The minimum atomic E-state index is -1.30. The summed E-state index contributed by atoms with van der Waals surface area (Å²) in [5, 5.41) is 8.13. The predicted molar refractivity (Wildman–Crippen MR) is 42.2 cm³/mol. The van der Waals surface area contributed by atoms with Crippen molar-refractivity contribution in [1.29, 1.82) is 0 Å². The first kappa shape index (κ1) is 9.49. The van der Waals surface area contributed by atoms with E-state index in [1.807, 2.05) is 0 Å². The van der Waals surface area contributed by atoms with Gasteiger partial charge in [0.25, 0.3) is 0 Å². The van der Waals surface area contributed by atoms with Crippen molar-refractivity contribution in [2.24, 2.45) is 0 Å². The Labute approximate surface area is 65.3 Å². The van der Waals surface area contributed by atoms with Crippen LogP contribution in [0.4, 0.5) is 4.79 Å². The van der Waals surface area contributed by atoms with Gasteiger partial charge in [0.05, 0.1) is 0 Å². The van der Waals surface area contributed by atoms with Crippen molar-refractivity contribution in [3.05, 3.63) is 36.6 Å². The van der Waals surface area contributed by atoms with Gasteiger partial charge in [0.2, 0.25) is 0 Å². The number of rotatable bonds is 3.